The highest BCUT2D eigenvalue weighted by atomic mass is 19.1. The first-order valence-electron chi connectivity index (χ1n) is 7.90. The molecular formula is C19H21FN2O3. The normalized spacial score (nSPS) is 11.5. The van der Waals surface area contributed by atoms with Gasteiger partial charge in [0.05, 0.1) is 12.8 Å². The quantitative estimate of drug-likeness (QED) is 0.846. The van der Waals surface area contributed by atoms with Crippen LogP contribution in [0.4, 0.5) is 10.1 Å². The molecule has 0 saturated heterocycles. The molecular weight excluding hydrogens is 323 g/mol. The highest BCUT2D eigenvalue weighted by Gasteiger charge is 2.14. The van der Waals surface area contributed by atoms with E-state index in [1.807, 2.05) is 31.2 Å². The second kappa shape index (κ2) is 8.28. The molecule has 0 fully saturated rings. The fraction of sp³-hybridized carbons (Fsp3) is 0.263. The number of ether oxygens (including phenoxy) is 1. The third-order valence-corrected chi connectivity index (χ3v) is 3.64. The average Bonchev–Trinajstić information content (AvgIpc) is 2.56. The molecule has 0 aliphatic heterocycles. The monoisotopic (exact) mass is 344 g/mol. The van der Waals surface area contributed by atoms with E-state index >= 15 is 0 Å². The zero-order valence-electron chi connectivity index (χ0n) is 14.4. The number of methoxy groups -OCH3 is 1. The average molecular weight is 344 g/mol. The maximum atomic E-state index is 13.7. The minimum Gasteiger partial charge on any atom is -0.496 e. The number of hydrogen-bond donors (Lipinski definition) is 2. The van der Waals surface area contributed by atoms with Crippen LogP contribution in [-0.4, -0.2) is 25.0 Å². The molecule has 132 valence electrons. The maximum absolute atomic E-state index is 13.7. The minimum absolute atomic E-state index is 0.0162. The smallest absolute Gasteiger partial charge is 0.251 e. The van der Waals surface area contributed by atoms with Crippen molar-refractivity contribution in [2.24, 2.45) is 0 Å². The topological polar surface area (TPSA) is 67.4 Å². The fourth-order valence-corrected chi connectivity index (χ4v) is 2.51. The highest BCUT2D eigenvalue weighted by Crippen LogP contribution is 2.20. The number of hydrogen-bond acceptors (Lipinski definition) is 3. The number of amides is 2. The van der Waals surface area contributed by atoms with Crippen molar-refractivity contribution in [1.29, 1.82) is 0 Å². The number of halogens is 1. The Balaban J connectivity index is 2.07. The van der Waals surface area contributed by atoms with Gasteiger partial charge >= 0.3 is 0 Å². The van der Waals surface area contributed by atoms with E-state index in [9.17, 15) is 14.0 Å². The summed E-state index contributed by atoms with van der Waals surface area (Å²) in [5.74, 6) is -0.567. The lowest BCUT2D eigenvalue weighted by Gasteiger charge is -2.16. The van der Waals surface area contributed by atoms with Crippen LogP contribution in [0, 0.1) is 5.82 Å². The lowest BCUT2D eigenvalue weighted by atomic mass is 10.1. The van der Waals surface area contributed by atoms with Crippen molar-refractivity contribution in [3.8, 4) is 5.75 Å². The first-order valence-corrected chi connectivity index (χ1v) is 7.90. The van der Waals surface area contributed by atoms with Gasteiger partial charge in [-0.2, -0.15) is 0 Å². The Morgan fingerprint density at radius 1 is 1.20 bits per heavy atom. The van der Waals surface area contributed by atoms with E-state index in [-0.39, 0.29) is 23.2 Å². The molecule has 0 heterocycles. The molecule has 1 atom stereocenters. The van der Waals surface area contributed by atoms with Gasteiger partial charge in [0.2, 0.25) is 5.91 Å². The van der Waals surface area contributed by atoms with Gasteiger partial charge in [-0.25, -0.2) is 4.39 Å². The van der Waals surface area contributed by atoms with Crippen LogP contribution in [0.15, 0.2) is 42.5 Å². The van der Waals surface area contributed by atoms with Crippen LogP contribution in [0.3, 0.4) is 0 Å². The van der Waals surface area contributed by atoms with E-state index in [1.54, 1.807) is 7.11 Å². The van der Waals surface area contributed by atoms with Crippen molar-refractivity contribution in [1.82, 2.24) is 5.32 Å². The molecule has 2 amide bonds. The number of carbonyl (C=O) groups excluding carboxylic acids is 2. The van der Waals surface area contributed by atoms with E-state index in [2.05, 4.69) is 10.6 Å². The van der Waals surface area contributed by atoms with Gasteiger partial charge in [-0.05, 0) is 43.2 Å². The lowest BCUT2D eigenvalue weighted by molar-refractivity contribution is -0.114. The van der Waals surface area contributed by atoms with Gasteiger partial charge < -0.3 is 15.4 Å². The Morgan fingerprint density at radius 3 is 2.60 bits per heavy atom. The van der Waals surface area contributed by atoms with Gasteiger partial charge in [0, 0.05) is 18.5 Å². The summed E-state index contributed by atoms with van der Waals surface area (Å²) in [6.07, 6.45) is 0.593. The Kier molecular flexibility index (Phi) is 6.11. The van der Waals surface area contributed by atoms with Gasteiger partial charge in [-0.3, -0.25) is 9.59 Å². The minimum atomic E-state index is -0.589. The zero-order valence-corrected chi connectivity index (χ0v) is 14.4. The first-order chi connectivity index (χ1) is 11.9. The van der Waals surface area contributed by atoms with Gasteiger partial charge in [0.15, 0.2) is 0 Å². The summed E-state index contributed by atoms with van der Waals surface area (Å²) < 4.78 is 19.0. The largest absolute Gasteiger partial charge is 0.496 e. The van der Waals surface area contributed by atoms with Crippen molar-refractivity contribution in [2.75, 3.05) is 12.4 Å². The number of rotatable bonds is 6. The van der Waals surface area contributed by atoms with Gasteiger partial charge in [0.25, 0.3) is 5.91 Å². The SMILES string of the molecule is COc1ccccc1CC(C)NC(=O)c1ccc(F)c(NC(C)=O)c1. The van der Waals surface area contributed by atoms with Crippen molar-refractivity contribution in [3.63, 3.8) is 0 Å². The Bertz CT molecular complexity index is 777. The van der Waals surface area contributed by atoms with Gasteiger partial charge in [-0.15, -0.1) is 0 Å². The van der Waals surface area contributed by atoms with Gasteiger partial charge in [0.1, 0.15) is 11.6 Å². The second-order valence-electron chi connectivity index (χ2n) is 5.77. The third-order valence-electron chi connectivity index (χ3n) is 3.64. The third kappa shape index (κ3) is 5.04. The Hall–Kier alpha value is -2.89. The Morgan fingerprint density at radius 2 is 1.92 bits per heavy atom. The van der Waals surface area contributed by atoms with Crippen molar-refractivity contribution in [3.05, 3.63) is 59.4 Å². The number of nitrogens with one attached hydrogen (secondary N) is 2. The van der Waals surface area contributed by atoms with Crippen LogP contribution in [-0.2, 0) is 11.2 Å². The summed E-state index contributed by atoms with van der Waals surface area (Å²) in [5.41, 5.74) is 1.24. The van der Waals surface area contributed by atoms with Crippen LogP contribution in [0.5, 0.6) is 5.75 Å². The van der Waals surface area contributed by atoms with Crippen molar-refractivity contribution < 1.29 is 18.7 Å². The summed E-state index contributed by atoms with van der Waals surface area (Å²) >= 11 is 0. The Labute approximate surface area is 146 Å². The van der Waals surface area contributed by atoms with Crippen LogP contribution in [0.25, 0.3) is 0 Å². The summed E-state index contributed by atoms with van der Waals surface area (Å²) in [6, 6.07) is 11.3. The number of anilines is 1. The van der Waals surface area contributed by atoms with E-state index < -0.39 is 11.7 Å². The predicted octanol–water partition coefficient (Wildman–Crippen LogP) is 3.15. The van der Waals surface area contributed by atoms with E-state index in [0.717, 1.165) is 17.4 Å². The molecule has 0 aliphatic rings. The summed E-state index contributed by atoms with van der Waals surface area (Å²) in [6.45, 7) is 3.16. The molecule has 0 saturated carbocycles. The van der Waals surface area contributed by atoms with E-state index in [4.69, 9.17) is 4.74 Å². The molecule has 2 rings (SSSR count). The second-order valence-corrected chi connectivity index (χ2v) is 5.77. The van der Waals surface area contributed by atoms with Crippen LogP contribution >= 0.6 is 0 Å². The summed E-state index contributed by atoms with van der Waals surface area (Å²) in [5, 5.41) is 5.23. The standard InChI is InChI=1S/C19H21FN2O3/c1-12(10-14-6-4-5-7-18(14)25-3)21-19(24)15-8-9-16(20)17(11-15)22-13(2)23/h4-9,11-12H,10H2,1-3H3,(H,21,24)(H,22,23). The maximum Gasteiger partial charge on any atom is 0.251 e. The van der Waals surface area contributed by atoms with Gasteiger partial charge in [-0.1, -0.05) is 18.2 Å². The molecule has 5 nitrogen and oxygen atoms in total. The molecule has 2 aromatic carbocycles. The molecule has 2 aromatic rings. The number of carbonyl (C=O) groups is 2. The van der Waals surface area contributed by atoms with Crippen molar-refractivity contribution >= 4 is 17.5 Å². The van der Waals surface area contributed by atoms with Crippen LogP contribution in [0.2, 0.25) is 0 Å². The van der Waals surface area contributed by atoms with Crippen molar-refractivity contribution in [2.45, 2.75) is 26.3 Å². The highest BCUT2D eigenvalue weighted by molar-refractivity contribution is 5.97. The molecule has 0 aromatic heterocycles. The van der Waals surface area contributed by atoms with E-state index in [1.165, 1.54) is 19.1 Å². The lowest BCUT2D eigenvalue weighted by Crippen LogP contribution is -2.34. The molecule has 1 unspecified atom stereocenters. The number of benzene rings is 2. The first kappa shape index (κ1) is 18.4. The molecule has 0 spiro atoms. The molecule has 0 radical (unpaired) electrons. The summed E-state index contributed by atoms with van der Waals surface area (Å²) in [4.78, 5) is 23.5. The molecule has 2 N–H and O–H groups in total. The predicted molar refractivity (Wildman–Crippen MR) is 94.3 cm³/mol. The van der Waals surface area contributed by atoms with E-state index in [0.29, 0.717) is 6.42 Å². The molecule has 0 aliphatic carbocycles. The molecule has 25 heavy (non-hydrogen) atoms. The molecule has 6 heteroatoms. The number of para-hydroxylation sites is 1. The van der Waals surface area contributed by atoms with Crippen LogP contribution in [0.1, 0.15) is 29.8 Å². The summed E-state index contributed by atoms with van der Waals surface area (Å²) in [7, 11) is 1.60. The fourth-order valence-electron chi connectivity index (χ4n) is 2.51. The zero-order chi connectivity index (χ0) is 18.4. The van der Waals surface area contributed by atoms with Crippen LogP contribution < -0.4 is 15.4 Å². The molecule has 0 bridgehead atoms.